The van der Waals surface area contributed by atoms with Gasteiger partial charge in [-0.3, -0.25) is 14.5 Å². The van der Waals surface area contributed by atoms with Crippen LogP contribution >= 0.6 is 0 Å². The first-order valence-corrected chi connectivity index (χ1v) is 8.43. The zero-order valence-electron chi connectivity index (χ0n) is 13.7. The Morgan fingerprint density at radius 1 is 1.30 bits per heavy atom. The van der Waals surface area contributed by atoms with Gasteiger partial charge in [0, 0.05) is 0 Å². The Kier molecular flexibility index (Phi) is 6.59. The summed E-state index contributed by atoms with van der Waals surface area (Å²) in [4.78, 5) is 25.5. The van der Waals surface area contributed by atoms with Crippen LogP contribution in [-0.4, -0.2) is 41.0 Å². The molecule has 0 saturated carbocycles. The maximum atomic E-state index is 12.4. The predicted molar refractivity (Wildman–Crippen MR) is 89.1 cm³/mol. The van der Waals surface area contributed by atoms with Gasteiger partial charge in [-0.25, -0.2) is 0 Å². The molecule has 2 rings (SSSR count). The quantitative estimate of drug-likeness (QED) is 0.811. The highest BCUT2D eigenvalue weighted by Crippen LogP contribution is 2.19. The Morgan fingerprint density at radius 2 is 2.04 bits per heavy atom. The third kappa shape index (κ3) is 5.06. The molecule has 1 aliphatic heterocycles. The van der Waals surface area contributed by atoms with Crippen molar-refractivity contribution in [2.75, 3.05) is 13.1 Å². The minimum absolute atomic E-state index is 0.0123. The molecule has 2 atom stereocenters. The number of carboxylic acid groups (broad SMARTS) is 1. The van der Waals surface area contributed by atoms with Gasteiger partial charge in [0.15, 0.2) is 0 Å². The Hall–Kier alpha value is -1.88. The second kappa shape index (κ2) is 8.67. The van der Waals surface area contributed by atoms with Gasteiger partial charge in [0.1, 0.15) is 6.04 Å². The molecule has 126 valence electrons. The molecule has 0 aliphatic carbocycles. The molecule has 1 heterocycles. The summed E-state index contributed by atoms with van der Waals surface area (Å²) in [6, 6.07) is 9.38. The summed E-state index contributed by atoms with van der Waals surface area (Å²) >= 11 is 0. The van der Waals surface area contributed by atoms with Gasteiger partial charge in [-0.05, 0) is 31.4 Å². The molecule has 5 heteroatoms. The molecule has 1 saturated heterocycles. The van der Waals surface area contributed by atoms with Crippen LogP contribution in [0.1, 0.15) is 50.6 Å². The third-order valence-corrected chi connectivity index (χ3v) is 4.36. The summed E-state index contributed by atoms with van der Waals surface area (Å²) in [6.07, 6.45) is 4.34. The molecule has 23 heavy (non-hydrogen) atoms. The Labute approximate surface area is 137 Å². The van der Waals surface area contributed by atoms with Gasteiger partial charge in [-0.1, -0.05) is 50.1 Å². The molecule has 1 fully saturated rings. The number of hydrogen-bond acceptors (Lipinski definition) is 3. The highest BCUT2D eigenvalue weighted by Gasteiger charge is 2.30. The summed E-state index contributed by atoms with van der Waals surface area (Å²) in [6.45, 7) is 2.92. The number of likely N-dealkylation sites (tertiary alicyclic amines) is 1. The van der Waals surface area contributed by atoms with Gasteiger partial charge >= 0.3 is 5.97 Å². The SMILES string of the molecule is CCCC(NC(=O)CN1CCCCC1C(=O)O)c1ccccc1. The minimum Gasteiger partial charge on any atom is -0.480 e. The highest BCUT2D eigenvalue weighted by molar-refractivity contribution is 5.80. The molecular weight excluding hydrogens is 292 g/mol. The average molecular weight is 318 g/mol. The van der Waals surface area contributed by atoms with Crippen LogP contribution in [0.25, 0.3) is 0 Å². The normalized spacial score (nSPS) is 20.0. The molecule has 1 aromatic carbocycles. The first-order valence-electron chi connectivity index (χ1n) is 8.43. The van der Waals surface area contributed by atoms with Gasteiger partial charge in [0.25, 0.3) is 0 Å². The second-order valence-corrected chi connectivity index (χ2v) is 6.14. The molecule has 1 aliphatic rings. The van der Waals surface area contributed by atoms with Crippen molar-refractivity contribution in [2.24, 2.45) is 0 Å². The number of benzene rings is 1. The fourth-order valence-corrected chi connectivity index (χ4v) is 3.18. The molecule has 0 spiro atoms. The Morgan fingerprint density at radius 3 is 2.70 bits per heavy atom. The number of amides is 1. The van der Waals surface area contributed by atoms with Crippen LogP contribution in [0.5, 0.6) is 0 Å². The first kappa shape index (κ1) is 17.5. The van der Waals surface area contributed by atoms with E-state index in [1.54, 1.807) is 4.90 Å². The zero-order valence-corrected chi connectivity index (χ0v) is 13.7. The highest BCUT2D eigenvalue weighted by atomic mass is 16.4. The van der Waals surface area contributed by atoms with E-state index >= 15 is 0 Å². The first-order chi connectivity index (χ1) is 11.1. The summed E-state index contributed by atoms with van der Waals surface area (Å²) in [5, 5.41) is 12.4. The van der Waals surface area contributed by atoms with Crippen LogP contribution in [0, 0.1) is 0 Å². The number of rotatable bonds is 7. The monoisotopic (exact) mass is 318 g/mol. The third-order valence-electron chi connectivity index (χ3n) is 4.36. The lowest BCUT2D eigenvalue weighted by Crippen LogP contribution is -2.49. The molecular formula is C18H26N2O3. The predicted octanol–water partition coefficient (Wildman–Crippen LogP) is 2.58. The van der Waals surface area contributed by atoms with Crippen LogP contribution in [-0.2, 0) is 9.59 Å². The Bertz CT molecular complexity index is 518. The maximum absolute atomic E-state index is 12.4. The van der Waals surface area contributed by atoms with Gasteiger partial charge in [-0.15, -0.1) is 0 Å². The molecule has 0 bridgehead atoms. The van der Waals surface area contributed by atoms with E-state index in [9.17, 15) is 14.7 Å². The number of carbonyl (C=O) groups is 2. The van der Waals surface area contributed by atoms with Crippen LogP contribution in [0.15, 0.2) is 30.3 Å². The van der Waals surface area contributed by atoms with E-state index in [4.69, 9.17) is 0 Å². The van der Waals surface area contributed by atoms with Crippen molar-refractivity contribution in [2.45, 2.75) is 51.1 Å². The van der Waals surface area contributed by atoms with Gasteiger partial charge < -0.3 is 10.4 Å². The number of piperidine rings is 1. The van der Waals surface area contributed by atoms with Crippen molar-refractivity contribution in [1.29, 1.82) is 0 Å². The standard InChI is InChI=1S/C18H26N2O3/c1-2-8-15(14-9-4-3-5-10-14)19-17(21)13-20-12-7-6-11-16(20)18(22)23/h3-5,9-10,15-16H,2,6-8,11-13H2,1H3,(H,19,21)(H,22,23). The maximum Gasteiger partial charge on any atom is 0.320 e. The van der Waals surface area contributed by atoms with E-state index in [1.807, 2.05) is 30.3 Å². The molecule has 2 N–H and O–H groups in total. The number of carboxylic acids is 1. The summed E-state index contributed by atoms with van der Waals surface area (Å²) < 4.78 is 0. The number of nitrogens with zero attached hydrogens (tertiary/aromatic N) is 1. The van der Waals surface area contributed by atoms with E-state index in [-0.39, 0.29) is 18.5 Å². The van der Waals surface area contributed by atoms with Crippen LogP contribution in [0.2, 0.25) is 0 Å². The van der Waals surface area contributed by atoms with Crippen molar-refractivity contribution in [3.05, 3.63) is 35.9 Å². The van der Waals surface area contributed by atoms with Crippen LogP contribution in [0.3, 0.4) is 0 Å². The van der Waals surface area contributed by atoms with E-state index < -0.39 is 12.0 Å². The lowest BCUT2D eigenvalue weighted by atomic mass is 10.0. The van der Waals surface area contributed by atoms with E-state index in [0.29, 0.717) is 13.0 Å². The summed E-state index contributed by atoms with van der Waals surface area (Å²) in [5.74, 6) is -0.925. The van der Waals surface area contributed by atoms with Gasteiger partial charge in [0.2, 0.25) is 5.91 Å². The van der Waals surface area contributed by atoms with Crippen molar-refractivity contribution in [3.63, 3.8) is 0 Å². The van der Waals surface area contributed by atoms with E-state index in [0.717, 1.165) is 31.2 Å². The molecule has 0 radical (unpaired) electrons. The number of aliphatic carboxylic acids is 1. The molecule has 0 aromatic heterocycles. The van der Waals surface area contributed by atoms with Gasteiger partial charge in [0.05, 0.1) is 12.6 Å². The largest absolute Gasteiger partial charge is 0.480 e. The Balaban J connectivity index is 1.97. The second-order valence-electron chi connectivity index (χ2n) is 6.14. The summed E-state index contributed by atoms with van der Waals surface area (Å²) in [7, 11) is 0. The fourth-order valence-electron chi connectivity index (χ4n) is 3.18. The smallest absolute Gasteiger partial charge is 0.320 e. The van der Waals surface area contributed by atoms with Crippen LogP contribution < -0.4 is 5.32 Å². The molecule has 5 nitrogen and oxygen atoms in total. The van der Waals surface area contributed by atoms with E-state index in [2.05, 4.69) is 12.2 Å². The summed E-state index contributed by atoms with van der Waals surface area (Å²) in [5.41, 5.74) is 1.09. The average Bonchev–Trinajstić information content (AvgIpc) is 2.55. The molecule has 1 amide bonds. The minimum atomic E-state index is -0.828. The topological polar surface area (TPSA) is 69.6 Å². The lowest BCUT2D eigenvalue weighted by Gasteiger charge is -2.32. The number of carbonyl (C=O) groups excluding carboxylic acids is 1. The zero-order chi connectivity index (χ0) is 16.7. The van der Waals surface area contributed by atoms with Crippen molar-refractivity contribution in [3.8, 4) is 0 Å². The molecule has 2 unspecified atom stereocenters. The van der Waals surface area contributed by atoms with Crippen molar-refractivity contribution in [1.82, 2.24) is 10.2 Å². The van der Waals surface area contributed by atoms with E-state index in [1.165, 1.54) is 0 Å². The number of nitrogens with one attached hydrogen (secondary N) is 1. The van der Waals surface area contributed by atoms with Gasteiger partial charge in [-0.2, -0.15) is 0 Å². The number of hydrogen-bond donors (Lipinski definition) is 2. The van der Waals surface area contributed by atoms with Crippen molar-refractivity contribution >= 4 is 11.9 Å². The van der Waals surface area contributed by atoms with Crippen LogP contribution in [0.4, 0.5) is 0 Å². The molecule has 1 aromatic rings. The van der Waals surface area contributed by atoms with Crippen molar-refractivity contribution < 1.29 is 14.7 Å². The lowest BCUT2D eigenvalue weighted by molar-refractivity contribution is -0.145. The fraction of sp³-hybridized carbons (Fsp3) is 0.556.